The van der Waals surface area contributed by atoms with E-state index in [2.05, 4.69) is 15.4 Å². The number of carbonyl (C=O) groups is 2. The van der Waals surface area contributed by atoms with Crippen molar-refractivity contribution in [1.29, 1.82) is 0 Å². The molecule has 0 bridgehead atoms. The highest BCUT2D eigenvalue weighted by Gasteiger charge is 2.35. The first-order chi connectivity index (χ1) is 14.0. The molecule has 0 spiro atoms. The van der Waals surface area contributed by atoms with Crippen LogP contribution in [0.5, 0.6) is 5.75 Å². The van der Waals surface area contributed by atoms with Gasteiger partial charge in [-0.15, -0.1) is 5.10 Å². The lowest BCUT2D eigenvalue weighted by Gasteiger charge is -2.33. The monoisotopic (exact) mass is 395 g/mol. The van der Waals surface area contributed by atoms with E-state index in [-0.39, 0.29) is 24.1 Å². The maximum Gasteiger partial charge on any atom is 0.298 e. The largest absolute Gasteiger partial charge is 0.477 e. The van der Waals surface area contributed by atoms with E-state index in [4.69, 9.17) is 4.74 Å². The number of hydrogen-bond donors (Lipinski definition) is 1. The summed E-state index contributed by atoms with van der Waals surface area (Å²) in [6.07, 6.45) is -0.848. The molecule has 1 aromatic heterocycles. The standard InChI is InChI=1S/C20H18FN5O3/c1-12-23-18(24-26(12)14-9-7-13(21)8-10-14)20(28)25-11-17(19(27)22-2)29-16-6-4-3-5-15(16)25/h3-10,17H,11H2,1-2H3,(H,22,27)/t17-/m0/s1. The minimum absolute atomic E-state index is 0.0274. The normalized spacial score (nSPS) is 15.4. The van der Waals surface area contributed by atoms with E-state index in [1.165, 1.54) is 28.8 Å². The van der Waals surface area contributed by atoms with Crippen molar-refractivity contribution < 1.29 is 18.7 Å². The number of benzene rings is 2. The van der Waals surface area contributed by atoms with Crippen LogP contribution in [-0.4, -0.2) is 46.3 Å². The molecule has 2 heterocycles. The van der Waals surface area contributed by atoms with Crippen LogP contribution >= 0.6 is 0 Å². The van der Waals surface area contributed by atoms with Crippen molar-refractivity contribution in [1.82, 2.24) is 20.1 Å². The van der Waals surface area contributed by atoms with Gasteiger partial charge in [0, 0.05) is 7.05 Å². The van der Waals surface area contributed by atoms with E-state index >= 15 is 0 Å². The number of amides is 2. The van der Waals surface area contributed by atoms with Crippen molar-refractivity contribution in [2.75, 3.05) is 18.5 Å². The molecule has 1 atom stereocenters. The summed E-state index contributed by atoms with van der Waals surface area (Å²) in [5.74, 6) is -0.288. The van der Waals surface area contributed by atoms with Crippen molar-refractivity contribution in [2.45, 2.75) is 13.0 Å². The second-order valence-corrected chi connectivity index (χ2v) is 6.48. The maximum atomic E-state index is 13.2. The van der Waals surface area contributed by atoms with Gasteiger partial charge in [-0.2, -0.15) is 0 Å². The summed E-state index contributed by atoms with van der Waals surface area (Å²) in [7, 11) is 1.51. The molecule has 2 amide bonds. The Morgan fingerprint density at radius 1 is 1.17 bits per heavy atom. The number of likely N-dealkylation sites (N-methyl/N-ethyl adjacent to an activating group) is 1. The second-order valence-electron chi connectivity index (χ2n) is 6.48. The molecule has 1 aliphatic rings. The molecule has 148 valence electrons. The zero-order valence-electron chi connectivity index (χ0n) is 15.8. The Labute approximate surface area is 165 Å². The number of ether oxygens (including phenoxy) is 1. The number of hydrogen-bond acceptors (Lipinski definition) is 5. The van der Waals surface area contributed by atoms with Crippen molar-refractivity contribution in [3.8, 4) is 11.4 Å². The van der Waals surface area contributed by atoms with Crippen LogP contribution in [-0.2, 0) is 4.79 Å². The topological polar surface area (TPSA) is 89.4 Å². The van der Waals surface area contributed by atoms with Gasteiger partial charge >= 0.3 is 0 Å². The SMILES string of the molecule is CNC(=O)[C@@H]1CN(C(=O)c2nc(C)n(-c3ccc(F)cc3)n2)c2ccccc2O1. The number of nitrogens with zero attached hydrogens (tertiary/aromatic N) is 4. The number of rotatable bonds is 3. The molecule has 0 radical (unpaired) electrons. The minimum atomic E-state index is -0.848. The third-order valence-corrected chi connectivity index (χ3v) is 4.59. The number of anilines is 1. The van der Waals surface area contributed by atoms with E-state index in [1.807, 2.05) is 0 Å². The molecular weight excluding hydrogens is 377 g/mol. The van der Waals surface area contributed by atoms with Crippen LogP contribution in [0.25, 0.3) is 5.69 Å². The van der Waals surface area contributed by atoms with Gasteiger partial charge in [0.15, 0.2) is 6.10 Å². The third kappa shape index (κ3) is 3.42. The fourth-order valence-electron chi connectivity index (χ4n) is 3.15. The fourth-order valence-corrected chi connectivity index (χ4v) is 3.15. The molecule has 2 aromatic carbocycles. The Balaban J connectivity index is 1.69. The van der Waals surface area contributed by atoms with Crippen molar-refractivity contribution in [3.05, 3.63) is 66.0 Å². The van der Waals surface area contributed by atoms with Crippen LogP contribution in [0.4, 0.5) is 10.1 Å². The van der Waals surface area contributed by atoms with Crippen LogP contribution in [0.1, 0.15) is 16.4 Å². The maximum absolute atomic E-state index is 13.2. The zero-order valence-corrected chi connectivity index (χ0v) is 15.8. The van der Waals surface area contributed by atoms with E-state index in [0.29, 0.717) is 22.9 Å². The average molecular weight is 395 g/mol. The number of nitrogens with one attached hydrogen (secondary N) is 1. The molecule has 1 aliphatic heterocycles. The first kappa shape index (κ1) is 18.6. The lowest BCUT2D eigenvalue weighted by atomic mass is 10.1. The van der Waals surface area contributed by atoms with Gasteiger partial charge in [-0.25, -0.2) is 14.1 Å². The smallest absolute Gasteiger partial charge is 0.298 e. The first-order valence-electron chi connectivity index (χ1n) is 8.96. The molecule has 0 saturated carbocycles. The number of para-hydroxylation sites is 2. The average Bonchev–Trinajstić information content (AvgIpc) is 3.14. The number of aryl methyl sites for hydroxylation is 1. The number of halogens is 1. The van der Waals surface area contributed by atoms with Gasteiger partial charge in [0.05, 0.1) is 17.9 Å². The Morgan fingerprint density at radius 2 is 1.90 bits per heavy atom. The van der Waals surface area contributed by atoms with E-state index in [9.17, 15) is 14.0 Å². The Morgan fingerprint density at radius 3 is 2.62 bits per heavy atom. The highest BCUT2D eigenvalue weighted by molar-refractivity contribution is 6.05. The van der Waals surface area contributed by atoms with Crippen molar-refractivity contribution >= 4 is 17.5 Å². The molecule has 3 aromatic rings. The molecule has 9 heteroatoms. The van der Waals surface area contributed by atoms with Crippen LogP contribution in [0, 0.1) is 12.7 Å². The lowest BCUT2D eigenvalue weighted by molar-refractivity contribution is -0.127. The molecule has 8 nitrogen and oxygen atoms in total. The lowest BCUT2D eigenvalue weighted by Crippen LogP contribution is -2.50. The van der Waals surface area contributed by atoms with Crippen LogP contribution in [0.15, 0.2) is 48.5 Å². The van der Waals surface area contributed by atoms with Crippen LogP contribution in [0.3, 0.4) is 0 Å². The van der Waals surface area contributed by atoms with Crippen molar-refractivity contribution in [3.63, 3.8) is 0 Å². The fraction of sp³-hybridized carbons (Fsp3) is 0.200. The summed E-state index contributed by atoms with van der Waals surface area (Å²) >= 11 is 0. The quantitative estimate of drug-likeness (QED) is 0.731. The highest BCUT2D eigenvalue weighted by Crippen LogP contribution is 2.33. The Kier molecular flexibility index (Phi) is 4.71. The minimum Gasteiger partial charge on any atom is -0.477 e. The number of aromatic nitrogens is 3. The Bertz CT molecular complexity index is 1080. The number of fused-ring (bicyclic) bond motifs is 1. The summed E-state index contributed by atoms with van der Waals surface area (Å²) < 4.78 is 20.4. The molecule has 0 unspecified atom stereocenters. The third-order valence-electron chi connectivity index (χ3n) is 4.59. The van der Waals surface area contributed by atoms with E-state index in [0.717, 1.165) is 0 Å². The molecule has 0 aliphatic carbocycles. The van der Waals surface area contributed by atoms with Crippen molar-refractivity contribution in [2.24, 2.45) is 0 Å². The van der Waals surface area contributed by atoms with Gasteiger partial charge < -0.3 is 10.1 Å². The summed E-state index contributed by atoms with van der Waals surface area (Å²) in [4.78, 5) is 31.0. The summed E-state index contributed by atoms with van der Waals surface area (Å²) in [6.45, 7) is 1.73. The predicted octanol–water partition coefficient (Wildman–Crippen LogP) is 1.87. The molecule has 4 rings (SSSR count). The van der Waals surface area contributed by atoms with Gasteiger partial charge in [-0.3, -0.25) is 14.5 Å². The van der Waals surface area contributed by atoms with Crippen LogP contribution < -0.4 is 15.0 Å². The van der Waals surface area contributed by atoms with E-state index < -0.39 is 12.0 Å². The summed E-state index contributed by atoms with van der Waals surface area (Å²) in [6, 6.07) is 12.7. The predicted molar refractivity (Wildman–Crippen MR) is 103 cm³/mol. The molecule has 0 saturated heterocycles. The highest BCUT2D eigenvalue weighted by atomic mass is 19.1. The Hall–Kier alpha value is -3.75. The van der Waals surface area contributed by atoms with Gasteiger partial charge in [-0.1, -0.05) is 12.1 Å². The van der Waals surface area contributed by atoms with E-state index in [1.54, 1.807) is 43.3 Å². The van der Waals surface area contributed by atoms with Crippen LogP contribution in [0.2, 0.25) is 0 Å². The van der Waals surface area contributed by atoms with Gasteiger partial charge in [0.2, 0.25) is 5.82 Å². The number of carbonyl (C=O) groups excluding carboxylic acids is 2. The second kappa shape index (κ2) is 7.34. The van der Waals surface area contributed by atoms with Gasteiger partial charge in [0.25, 0.3) is 11.8 Å². The molecule has 1 N–H and O–H groups in total. The molecule has 0 fully saturated rings. The first-order valence-corrected chi connectivity index (χ1v) is 8.96. The molecule has 29 heavy (non-hydrogen) atoms. The zero-order chi connectivity index (χ0) is 20.5. The van der Waals surface area contributed by atoms with Gasteiger partial charge in [-0.05, 0) is 43.3 Å². The summed E-state index contributed by atoms with van der Waals surface area (Å²) in [5.41, 5.74) is 1.12. The molecular formula is C20H18FN5O3. The summed E-state index contributed by atoms with van der Waals surface area (Å²) in [5, 5.41) is 6.83. The van der Waals surface area contributed by atoms with Gasteiger partial charge in [0.1, 0.15) is 17.4 Å².